The van der Waals surface area contributed by atoms with Gasteiger partial charge in [0.2, 0.25) is 0 Å². The molecule has 1 fully saturated rings. The molecule has 5 nitrogen and oxygen atoms in total. The number of nitrogens with one attached hydrogen (secondary N) is 1. The van der Waals surface area contributed by atoms with Gasteiger partial charge in [-0.05, 0) is 31.1 Å². The zero-order valence-corrected chi connectivity index (χ0v) is 13.2. The molecule has 5 heteroatoms. The van der Waals surface area contributed by atoms with Gasteiger partial charge in [0.15, 0.2) is 5.76 Å². The van der Waals surface area contributed by atoms with Crippen molar-refractivity contribution < 1.29 is 19.1 Å². The number of carbonyl (C=O) groups excluding carboxylic acids is 1. The molecule has 1 amide bonds. The van der Waals surface area contributed by atoms with Crippen LogP contribution in [0, 0.1) is 12.8 Å². The second-order valence-corrected chi connectivity index (χ2v) is 6.35. The van der Waals surface area contributed by atoms with Gasteiger partial charge in [-0.1, -0.05) is 36.4 Å². The molecule has 0 bridgehead atoms. The van der Waals surface area contributed by atoms with Crippen molar-refractivity contribution in [3.8, 4) is 0 Å². The predicted octanol–water partition coefficient (Wildman–Crippen LogP) is 3.49. The van der Waals surface area contributed by atoms with Crippen molar-refractivity contribution in [2.45, 2.75) is 25.8 Å². The third kappa shape index (κ3) is 2.33. The molecule has 4 rings (SSSR count). The zero-order chi connectivity index (χ0) is 16.8. The van der Waals surface area contributed by atoms with Crippen LogP contribution in [-0.4, -0.2) is 23.0 Å². The summed E-state index contributed by atoms with van der Waals surface area (Å²) in [6.07, 6.45) is 1.67. The molecule has 0 saturated heterocycles. The van der Waals surface area contributed by atoms with Crippen LogP contribution in [0.2, 0.25) is 0 Å². The average molecular weight is 323 g/mol. The Kier molecular flexibility index (Phi) is 3.30. The third-order valence-electron chi connectivity index (χ3n) is 4.68. The standard InChI is InChI=1S/C19H17NO4/c1-10-13-9-8-11-4-2-3-5-14(11)17(13)24-16(10)18(21)20-15(19(22)23)12-6-7-12/h2-5,8-9,12,15H,6-7H2,1H3,(H,20,21)(H,22,23). The van der Waals surface area contributed by atoms with Crippen LogP contribution in [0.1, 0.15) is 29.0 Å². The Balaban J connectivity index is 1.76. The van der Waals surface area contributed by atoms with Gasteiger partial charge in [0.05, 0.1) is 0 Å². The molecule has 2 N–H and O–H groups in total. The first-order chi connectivity index (χ1) is 11.6. The number of aryl methyl sites for hydroxylation is 1. The Morgan fingerprint density at radius 3 is 2.62 bits per heavy atom. The lowest BCUT2D eigenvalue weighted by Gasteiger charge is -2.12. The first-order valence-corrected chi connectivity index (χ1v) is 8.01. The van der Waals surface area contributed by atoms with Crippen LogP contribution in [0.25, 0.3) is 21.7 Å². The van der Waals surface area contributed by atoms with E-state index < -0.39 is 17.9 Å². The summed E-state index contributed by atoms with van der Waals surface area (Å²) in [5, 5.41) is 14.7. The third-order valence-corrected chi connectivity index (χ3v) is 4.68. The Labute approximate surface area is 138 Å². The Hall–Kier alpha value is -2.82. The van der Waals surface area contributed by atoms with Gasteiger partial charge in [0, 0.05) is 16.3 Å². The van der Waals surface area contributed by atoms with E-state index in [0.717, 1.165) is 34.6 Å². The van der Waals surface area contributed by atoms with Crippen LogP contribution < -0.4 is 5.32 Å². The van der Waals surface area contributed by atoms with E-state index in [2.05, 4.69) is 5.32 Å². The number of carbonyl (C=O) groups is 2. The normalized spacial score (nSPS) is 15.5. The van der Waals surface area contributed by atoms with E-state index in [9.17, 15) is 14.7 Å². The number of hydrogen-bond acceptors (Lipinski definition) is 3. The minimum Gasteiger partial charge on any atom is -0.480 e. The van der Waals surface area contributed by atoms with Crippen molar-refractivity contribution in [3.05, 3.63) is 47.7 Å². The van der Waals surface area contributed by atoms with Crippen molar-refractivity contribution in [1.29, 1.82) is 0 Å². The molecule has 0 radical (unpaired) electrons. The Morgan fingerprint density at radius 1 is 1.17 bits per heavy atom. The monoisotopic (exact) mass is 323 g/mol. The number of furan rings is 1. The molecule has 0 spiro atoms. The van der Waals surface area contributed by atoms with E-state index in [4.69, 9.17) is 4.42 Å². The number of carboxylic acid groups (broad SMARTS) is 1. The Bertz CT molecular complexity index is 968. The fourth-order valence-electron chi connectivity index (χ4n) is 3.18. The molecule has 1 aliphatic rings. The lowest BCUT2D eigenvalue weighted by molar-refractivity contribution is -0.139. The van der Waals surface area contributed by atoms with Crippen LogP contribution in [0.5, 0.6) is 0 Å². The van der Waals surface area contributed by atoms with Gasteiger partial charge in [-0.3, -0.25) is 4.79 Å². The summed E-state index contributed by atoms with van der Waals surface area (Å²) in [5.74, 6) is -1.25. The van der Waals surface area contributed by atoms with Gasteiger partial charge in [-0.2, -0.15) is 0 Å². The fourth-order valence-corrected chi connectivity index (χ4v) is 3.18. The van der Waals surface area contributed by atoms with Gasteiger partial charge in [0.1, 0.15) is 11.6 Å². The fraction of sp³-hybridized carbons (Fsp3) is 0.263. The zero-order valence-electron chi connectivity index (χ0n) is 13.2. The maximum Gasteiger partial charge on any atom is 0.326 e. The maximum absolute atomic E-state index is 12.6. The Morgan fingerprint density at radius 2 is 1.92 bits per heavy atom. The maximum atomic E-state index is 12.6. The van der Waals surface area contributed by atoms with E-state index in [-0.39, 0.29) is 11.7 Å². The highest BCUT2D eigenvalue weighted by Gasteiger charge is 2.38. The van der Waals surface area contributed by atoms with Crippen molar-refractivity contribution in [2.24, 2.45) is 5.92 Å². The number of rotatable bonds is 4. The molecule has 1 heterocycles. The molecular formula is C19H17NO4. The highest BCUT2D eigenvalue weighted by molar-refractivity contribution is 6.09. The molecule has 1 atom stereocenters. The van der Waals surface area contributed by atoms with Gasteiger partial charge in [-0.25, -0.2) is 4.79 Å². The number of benzene rings is 2. The molecule has 1 saturated carbocycles. The van der Waals surface area contributed by atoms with Crippen LogP contribution in [0.4, 0.5) is 0 Å². The second kappa shape index (κ2) is 5.37. The SMILES string of the molecule is Cc1c(C(=O)NC(C(=O)O)C2CC2)oc2c1ccc1ccccc12. The summed E-state index contributed by atoms with van der Waals surface area (Å²) in [5.41, 5.74) is 1.39. The number of aliphatic carboxylic acids is 1. The minimum atomic E-state index is -0.995. The van der Waals surface area contributed by atoms with Crippen LogP contribution in [-0.2, 0) is 4.79 Å². The molecule has 1 aromatic heterocycles. The van der Waals surface area contributed by atoms with E-state index in [0.29, 0.717) is 5.58 Å². The van der Waals surface area contributed by atoms with Gasteiger partial charge < -0.3 is 14.8 Å². The summed E-state index contributed by atoms with van der Waals surface area (Å²) < 4.78 is 5.85. The van der Waals surface area contributed by atoms with Gasteiger partial charge in [0.25, 0.3) is 5.91 Å². The molecule has 1 unspecified atom stereocenters. The highest BCUT2D eigenvalue weighted by atomic mass is 16.4. The quantitative estimate of drug-likeness (QED) is 0.770. The second-order valence-electron chi connectivity index (χ2n) is 6.35. The minimum absolute atomic E-state index is 0.0250. The van der Waals surface area contributed by atoms with Crippen LogP contribution in [0.3, 0.4) is 0 Å². The average Bonchev–Trinajstić information content (AvgIpc) is 3.35. The van der Waals surface area contributed by atoms with Crippen molar-refractivity contribution in [1.82, 2.24) is 5.32 Å². The van der Waals surface area contributed by atoms with Crippen molar-refractivity contribution in [3.63, 3.8) is 0 Å². The summed E-state index contributed by atoms with van der Waals surface area (Å²) in [7, 11) is 0. The summed E-state index contributed by atoms with van der Waals surface area (Å²) in [6.45, 7) is 1.82. The molecule has 2 aromatic carbocycles. The lowest BCUT2D eigenvalue weighted by Crippen LogP contribution is -2.42. The molecule has 3 aromatic rings. The largest absolute Gasteiger partial charge is 0.480 e. The van der Waals surface area contributed by atoms with E-state index in [1.165, 1.54) is 0 Å². The molecule has 24 heavy (non-hydrogen) atoms. The highest BCUT2D eigenvalue weighted by Crippen LogP contribution is 2.34. The molecule has 0 aliphatic heterocycles. The van der Waals surface area contributed by atoms with Crippen LogP contribution >= 0.6 is 0 Å². The van der Waals surface area contributed by atoms with Gasteiger partial charge >= 0.3 is 5.97 Å². The molecule has 1 aliphatic carbocycles. The smallest absolute Gasteiger partial charge is 0.326 e. The van der Waals surface area contributed by atoms with Crippen molar-refractivity contribution >= 4 is 33.6 Å². The molecule has 122 valence electrons. The van der Waals surface area contributed by atoms with E-state index in [1.807, 2.05) is 43.3 Å². The lowest BCUT2D eigenvalue weighted by atomic mass is 10.1. The first kappa shape index (κ1) is 14.8. The van der Waals surface area contributed by atoms with E-state index >= 15 is 0 Å². The van der Waals surface area contributed by atoms with Crippen molar-refractivity contribution in [2.75, 3.05) is 0 Å². The van der Waals surface area contributed by atoms with Crippen LogP contribution in [0.15, 0.2) is 40.8 Å². The van der Waals surface area contributed by atoms with E-state index in [1.54, 1.807) is 0 Å². The summed E-state index contributed by atoms with van der Waals surface area (Å²) in [4.78, 5) is 23.9. The number of hydrogen-bond donors (Lipinski definition) is 2. The summed E-state index contributed by atoms with van der Waals surface area (Å²) >= 11 is 0. The number of carboxylic acids is 1. The van der Waals surface area contributed by atoms with Gasteiger partial charge in [-0.15, -0.1) is 0 Å². The number of fused-ring (bicyclic) bond motifs is 3. The predicted molar refractivity (Wildman–Crippen MR) is 90.1 cm³/mol. The topological polar surface area (TPSA) is 79.5 Å². The first-order valence-electron chi connectivity index (χ1n) is 8.01. The number of amides is 1. The molecular weight excluding hydrogens is 306 g/mol. The summed E-state index contributed by atoms with van der Waals surface area (Å²) in [6, 6.07) is 10.9.